The standard InChI is InChI=1S/C15H19N3/c1-16-14(10-15-17-7-8-18(15)2)13-9-11-5-3-4-6-12(11)13/h3-8,13-14,16H,9-10H2,1-2H3. The fraction of sp³-hybridized carbons (Fsp3) is 0.400. The summed E-state index contributed by atoms with van der Waals surface area (Å²) in [4.78, 5) is 4.42. The average Bonchev–Trinajstić information content (AvgIpc) is 2.75. The largest absolute Gasteiger partial charge is 0.338 e. The molecule has 0 aliphatic heterocycles. The van der Waals surface area contributed by atoms with Crippen LogP contribution in [0.5, 0.6) is 0 Å². The number of imidazole rings is 1. The maximum Gasteiger partial charge on any atom is 0.109 e. The Morgan fingerprint density at radius 3 is 2.94 bits per heavy atom. The Labute approximate surface area is 108 Å². The summed E-state index contributed by atoms with van der Waals surface area (Å²) in [7, 11) is 4.11. The molecular formula is C15H19N3. The number of hydrogen-bond acceptors (Lipinski definition) is 2. The van der Waals surface area contributed by atoms with Gasteiger partial charge in [0.25, 0.3) is 0 Å². The Bertz CT molecular complexity index is 544. The Kier molecular flexibility index (Phi) is 2.92. The van der Waals surface area contributed by atoms with Gasteiger partial charge in [-0.15, -0.1) is 0 Å². The molecule has 3 rings (SSSR count). The molecule has 94 valence electrons. The van der Waals surface area contributed by atoms with Gasteiger partial charge < -0.3 is 9.88 Å². The number of likely N-dealkylation sites (N-methyl/N-ethyl adjacent to an activating group) is 1. The van der Waals surface area contributed by atoms with Crippen LogP contribution in [0.25, 0.3) is 0 Å². The quantitative estimate of drug-likeness (QED) is 0.886. The average molecular weight is 241 g/mol. The van der Waals surface area contributed by atoms with E-state index in [-0.39, 0.29) is 0 Å². The molecule has 1 heterocycles. The van der Waals surface area contributed by atoms with Crippen LogP contribution in [0.3, 0.4) is 0 Å². The first-order chi connectivity index (χ1) is 8.79. The highest BCUT2D eigenvalue weighted by atomic mass is 15.0. The molecule has 0 fully saturated rings. The van der Waals surface area contributed by atoms with Crippen molar-refractivity contribution in [2.75, 3.05) is 7.05 Å². The predicted molar refractivity (Wildman–Crippen MR) is 72.6 cm³/mol. The van der Waals surface area contributed by atoms with Crippen LogP contribution in [0.2, 0.25) is 0 Å². The lowest BCUT2D eigenvalue weighted by Gasteiger charge is -2.36. The van der Waals surface area contributed by atoms with Crippen LogP contribution in [0.4, 0.5) is 0 Å². The third kappa shape index (κ3) is 1.85. The van der Waals surface area contributed by atoms with Crippen LogP contribution >= 0.6 is 0 Å². The first kappa shape index (κ1) is 11.5. The van der Waals surface area contributed by atoms with E-state index in [2.05, 4.69) is 53.2 Å². The van der Waals surface area contributed by atoms with Gasteiger partial charge in [-0.2, -0.15) is 0 Å². The summed E-state index contributed by atoms with van der Waals surface area (Å²) in [6.45, 7) is 0. The lowest BCUT2D eigenvalue weighted by Crippen LogP contribution is -2.40. The second-order valence-corrected chi connectivity index (χ2v) is 5.06. The molecule has 2 atom stereocenters. The predicted octanol–water partition coefficient (Wildman–Crippen LogP) is 1.89. The van der Waals surface area contributed by atoms with Crippen molar-refractivity contribution in [2.24, 2.45) is 7.05 Å². The van der Waals surface area contributed by atoms with Crippen molar-refractivity contribution in [3.63, 3.8) is 0 Å². The maximum atomic E-state index is 4.42. The molecule has 1 aliphatic rings. The van der Waals surface area contributed by atoms with Crippen molar-refractivity contribution in [3.05, 3.63) is 53.6 Å². The summed E-state index contributed by atoms with van der Waals surface area (Å²) in [5.74, 6) is 1.78. The van der Waals surface area contributed by atoms with Crippen molar-refractivity contribution in [1.82, 2.24) is 14.9 Å². The monoisotopic (exact) mass is 241 g/mol. The molecule has 3 nitrogen and oxygen atoms in total. The molecule has 2 aromatic rings. The van der Waals surface area contributed by atoms with E-state index in [9.17, 15) is 0 Å². The van der Waals surface area contributed by atoms with E-state index in [1.54, 1.807) is 0 Å². The zero-order valence-electron chi connectivity index (χ0n) is 10.9. The summed E-state index contributed by atoms with van der Waals surface area (Å²) in [5.41, 5.74) is 3.01. The highest BCUT2D eigenvalue weighted by molar-refractivity contribution is 5.41. The van der Waals surface area contributed by atoms with E-state index in [0.717, 1.165) is 12.2 Å². The molecule has 1 aliphatic carbocycles. The molecular weight excluding hydrogens is 222 g/mol. The lowest BCUT2D eigenvalue weighted by molar-refractivity contribution is 0.413. The summed E-state index contributed by atoms with van der Waals surface area (Å²) in [5, 5.41) is 3.46. The van der Waals surface area contributed by atoms with Crippen molar-refractivity contribution < 1.29 is 0 Å². The first-order valence-corrected chi connectivity index (χ1v) is 6.51. The van der Waals surface area contributed by atoms with Crippen LogP contribution in [0.15, 0.2) is 36.7 Å². The molecule has 2 unspecified atom stereocenters. The van der Waals surface area contributed by atoms with Crippen LogP contribution in [0.1, 0.15) is 22.9 Å². The smallest absolute Gasteiger partial charge is 0.109 e. The molecule has 0 saturated carbocycles. The van der Waals surface area contributed by atoms with Crippen molar-refractivity contribution in [3.8, 4) is 0 Å². The Balaban J connectivity index is 1.77. The van der Waals surface area contributed by atoms with Gasteiger partial charge in [0, 0.05) is 37.8 Å². The fourth-order valence-corrected chi connectivity index (χ4v) is 2.89. The van der Waals surface area contributed by atoms with E-state index in [1.165, 1.54) is 17.5 Å². The number of nitrogens with zero attached hydrogens (tertiary/aromatic N) is 2. The van der Waals surface area contributed by atoms with Gasteiger partial charge in [0.2, 0.25) is 0 Å². The normalized spacial score (nSPS) is 19.1. The number of benzene rings is 1. The van der Waals surface area contributed by atoms with Gasteiger partial charge in [0.15, 0.2) is 0 Å². The summed E-state index contributed by atoms with van der Waals surface area (Å²) in [6, 6.07) is 9.23. The number of aryl methyl sites for hydroxylation is 1. The maximum absolute atomic E-state index is 4.42. The van der Waals surface area contributed by atoms with Crippen molar-refractivity contribution in [2.45, 2.75) is 24.8 Å². The van der Waals surface area contributed by atoms with Crippen molar-refractivity contribution >= 4 is 0 Å². The second-order valence-electron chi connectivity index (χ2n) is 5.06. The third-order valence-electron chi connectivity index (χ3n) is 4.07. The van der Waals surface area contributed by atoms with Crippen LogP contribution in [0, 0.1) is 0 Å². The second kappa shape index (κ2) is 4.58. The number of aromatic nitrogens is 2. The molecule has 0 bridgehead atoms. The van der Waals surface area contributed by atoms with Gasteiger partial charge in [-0.05, 0) is 24.6 Å². The van der Waals surface area contributed by atoms with E-state index in [4.69, 9.17) is 0 Å². The minimum absolute atomic E-state index is 0.473. The van der Waals surface area contributed by atoms with E-state index >= 15 is 0 Å². The van der Waals surface area contributed by atoms with Gasteiger partial charge in [-0.1, -0.05) is 24.3 Å². The topological polar surface area (TPSA) is 29.9 Å². The zero-order valence-corrected chi connectivity index (χ0v) is 10.9. The lowest BCUT2D eigenvalue weighted by atomic mass is 9.72. The Hall–Kier alpha value is -1.61. The molecule has 0 radical (unpaired) electrons. The fourth-order valence-electron chi connectivity index (χ4n) is 2.89. The van der Waals surface area contributed by atoms with Crippen LogP contribution < -0.4 is 5.32 Å². The van der Waals surface area contributed by atoms with Crippen LogP contribution in [-0.4, -0.2) is 22.6 Å². The summed E-state index contributed by atoms with van der Waals surface area (Å²) < 4.78 is 2.11. The van der Waals surface area contributed by atoms with E-state index in [0.29, 0.717) is 12.0 Å². The number of nitrogens with one attached hydrogen (secondary N) is 1. The first-order valence-electron chi connectivity index (χ1n) is 6.51. The minimum atomic E-state index is 0.473. The molecule has 1 aromatic heterocycles. The van der Waals surface area contributed by atoms with Gasteiger partial charge in [0.05, 0.1) is 0 Å². The summed E-state index contributed by atoms with van der Waals surface area (Å²) >= 11 is 0. The van der Waals surface area contributed by atoms with E-state index in [1.807, 2.05) is 12.4 Å². The molecule has 1 aromatic carbocycles. The van der Waals surface area contributed by atoms with Gasteiger partial charge >= 0.3 is 0 Å². The molecule has 18 heavy (non-hydrogen) atoms. The highest BCUT2D eigenvalue weighted by Crippen LogP contribution is 2.37. The minimum Gasteiger partial charge on any atom is -0.338 e. The highest BCUT2D eigenvalue weighted by Gasteiger charge is 2.32. The van der Waals surface area contributed by atoms with E-state index < -0.39 is 0 Å². The summed E-state index contributed by atoms with van der Waals surface area (Å²) in [6.07, 6.45) is 6.05. The Morgan fingerprint density at radius 2 is 2.28 bits per heavy atom. The van der Waals surface area contributed by atoms with Crippen molar-refractivity contribution in [1.29, 1.82) is 0 Å². The van der Waals surface area contributed by atoms with Gasteiger partial charge in [-0.25, -0.2) is 4.98 Å². The SMILES string of the molecule is CNC(Cc1nccn1C)C1Cc2ccccc21. The molecule has 3 heteroatoms. The number of hydrogen-bond donors (Lipinski definition) is 1. The van der Waals surface area contributed by atoms with Gasteiger partial charge in [-0.3, -0.25) is 0 Å². The zero-order chi connectivity index (χ0) is 12.5. The molecule has 0 spiro atoms. The Morgan fingerprint density at radius 1 is 1.44 bits per heavy atom. The molecule has 1 N–H and O–H groups in total. The number of rotatable bonds is 4. The van der Waals surface area contributed by atoms with Crippen LogP contribution in [-0.2, 0) is 19.9 Å². The molecule has 0 saturated heterocycles. The number of fused-ring (bicyclic) bond motifs is 1. The third-order valence-corrected chi connectivity index (χ3v) is 4.07. The molecule has 0 amide bonds. The van der Waals surface area contributed by atoms with Gasteiger partial charge in [0.1, 0.15) is 5.82 Å².